The minimum absolute atomic E-state index is 0.0424. The van der Waals surface area contributed by atoms with Crippen molar-refractivity contribution in [2.75, 3.05) is 7.11 Å². The van der Waals surface area contributed by atoms with Gasteiger partial charge in [-0.1, -0.05) is 55.5 Å². The van der Waals surface area contributed by atoms with Crippen LogP contribution in [-0.4, -0.2) is 27.7 Å². The van der Waals surface area contributed by atoms with E-state index in [0.717, 1.165) is 40.4 Å². The van der Waals surface area contributed by atoms with E-state index in [1.54, 1.807) is 12.0 Å². The van der Waals surface area contributed by atoms with Gasteiger partial charge in [0.05, 0.1) is 24.2 Å². The third kappa shape index (κ3) is 5.18. The van der Waals surface area contributed by atoms with Gasteiger partial charge < -0.3 is 9.30 Å². The van der Waals surface area contributed by atoms with Gasteiger partial charge in [-0.05, 0) is 91.2 Å². The fourth-order valence-corrected chi connectivity index (χ4v) is 5.72. The van der Waals surface area contributed by atoms with Crippen LogP contribution in [0.1, 0.15) is 35.0 Å². The van der Waals surface area contributed by atoms with E-state index in [9.17, 15) is 4.79 Å². The number of rotatable bonds is 7. The van der Waals surface area contributed by atoms with Crippen molar-refractivity contribution in [2.24, 2.45) is 4.99 Å². The largest absolute Gasteiger partial charge is 0.497 e. The maximum Gasteiger partial charge on any atom is 0.267 e. The van der Waals surface area contributed by atoms with Gasteiger partial charge in [0.1, 0.15) is 5.75 Å². The average Bonchev–Trinajstić information content (AvgIpc) is 3.38. The maximum absolute atomic E-state index is 13.7. The third-order valence-electron chi connectivity index (χ3n) is 6.74. The molecule has 0 spiro atoms. The molecule has 5 nitrogen and oxygen atoms in total. The Balaban J connectivity index is 1.52. The first kappa shape index (κ1) is 25.6. The zero-order valence-electron chi connectivity index (χ0n) is 22.1. The Morgan fingerprint density at radius 2 is 1.66 bits per heavy atom. The minimum Gasteiger partial charge on any atom is -0.497 e. The van der Waals surface area contributed by atoms with E-state index in [-0.39, 0.29) is 5.91 Å². The van der Waals surface area contributed by atoms with E-state index in [0.29, 0.717) is 16.6 Å². The molecule has 0 radical (unpaired) electrons. The Kier molecular flexibility index (Phi) is 7.52. The summed E-state index contributed by atoms with van der Waals surface area (Å²) < 4.78 is 7.57. The van der Waals surface area contributed by atoms with E-state index in [1.165, 1.54) is 23.0 Å². The lowest BCUT2D eigenvalue weighted by Gasteiger charge is -2.16. The zero-order chi connectivity index (χ0) is 26.6. The summed E-state index contributed by atoms with van der Waals surface area (Å²) in [6.45, 7) is 6.84. The van der Waals surface area contributed by atoms with Crippen LogP contribution in [0.4, 0.5) is 5.69 Å². The van der Waals surface area contributed by atoms with E-state index < -0.39 is 0 Å². The third-order valence-corrected chi connectivity index (χ3v) is 7.75. The fraction of sp³-hybridized carbons (Fsp3) is 0.188. The molecule has 6 heteroatoms. The number of benzene rings is 3. The molecule has 38 heavy (non-hydrogen) atoms. The summed E-state index contributed by atoms with van der Waals surface area (Å²) >= 11 is 1.42. The Labute approximate surface area is 228 Å². The molecule has 5 rings (SSSR count). The molecule has 0 atom stereocenters. The number of carbonyl (C=O) groups excluding carboxylic acids is 1. The summed E-state index contributed by atoms with van der Waals surface area (Å²) in [5.41, 5.74) is 7.59. The SMILES string of the molecule is CCc1ccccc1-n1c(C)cc(/C=C2\SC(=Nc3ccccc3)N(Cc3ccc(OC)cc3)C2=O)c1C. The summed E-state index contributed by atoms with van der Waals surface area (Å²) in [6, 6.07) is 28.2. The molecule has 3 aromatic carbocycles. The van der Waals surface area contributed by atoms with E-state index >= 15 is 0 Å². The lowest BCUT2D eigenvalue weighted by molar-refractivity contribution is -0.122. The number of nitrogens with zero attached hydrogens (tertiary/aromatic N) is 3. The first-order valence-electron chi connectivity index (χ1n) is 12.7. The Morgan fingerprint density at radius 1 is 0.947 bits per heavy atom. The molecule has 1 amide bonds. The van der Waals surface area contributed by atoms with Crippen LogP contribution in [-0.2, 0) is 17.8 Å². The maximum atomic E-state index is 13.7. The number of ether oxygens (including phenoxy) is 1. The van der Waals surface area contributed by atoms with E-state index in [4.69, 9.17) is 9.73 Å². The number of thioether (sulfide) groups is 1. The van der Waals surface area contributed by atoms with Gasteiger partial charge in [-0.25, -0.2) is 4.99 Å². The zero-order valence-corrected chi connectivity index (χ0v) is 23.0. The molecule has 192 valence electrons. The number of amides is 1. The van der Waals surface area contributed by atoms with Gasteiger partial charge in [0, 0.05) is 17.1 Å². The highest BCUT2D eigenvalue weighted by atomic mass is 32.2. The Morgan fingerprint density at radius 3 is 2.37 bits per heavy atom. The second-order valence-electron chi connectivity index (χ2n) is 9.22. The molecular formula is C32H31N3O2S. The van der Waals surface area contributed by atoms with Crippen molar-refractivity contribution in [3.63, 3.8) is 0 Å². The van der Waals surface area contributed by atoms with Crippen molar-refractivity contribution in [3.8, 4) is 11.4 Å². The number of aromatic nitrogens is 1. The number of aliphatic imine (C=N–C) groups is 1. The number of aryl methyl sites for hydroxylation is 2. The smallest absolute Gasteiger partial charge is 0.267 e. The molecule has 0 saturated carbocycles. The number of methoxy groups -OCH3 is 1. The highest BCUT2D eigenvalue weighted by Gasteiger charge is 2.34. The summed E-state index contributed by atoms with van der Waals surface area (Å²) in [5.74, 6) is 0.744. The van der Waals surface area contributed by atoms with Gasteiger partial charge in [-0.3, -0.25) is 9.69 Å². The second-order valence-corrected chi connectivity index (χ2v) is 10.2. The number of para-hydroxylation sites is 2. The van der Waals surface area contributed by atoms with Gasteiger partial charge in [0.2, 0.25) is 0 Å². The second kappa shape index (κ2) is 11.2. The number of hydrogen-bond donors (Lipinski definition) is 0. The molecule has 0 unspecified atom stereocenters. The van der Waals surface area contributed by atoms with Gasteiger partial charge in [-0.2, -0.15) is 0 Å². The summed E-state index contributed by atoms with van der Waals surface area (Å²) in [6.07, 6.45) is 2.96. The van der Waals surface area contributed by atoms with Crippen molar-refractivity contribution in [2.45, 2.75) is 33.7 Å². The summed E-state index contributed by atoms with van der Waals surface area (Å²) in [5, 5.41) is 0.674. The first-order valence-corrected chi connectivity index (χ1v) is 13.6. The van der Waals surface area contributed by atoms with Crippen molar-refractivity contribution in [3.05, 3.63) is 118 Å². The first-order chi connectivity index (χ1) is 18.5. The molecule has 1 aromatic heterocycles. The number of amidine groups is 1. The van der Waals surface area contributed by atoms with Crippen LogP contribution in [0.3, 0.4) is 0 Å². The van der Waals surface area contributed by atoms with Crippen molar-refractivity contribution in [1.29, 1.82) is 0 Å². The molecule has 1 aliphatic heterocycles. The van der Waals surface area contributed by atoms with Gasteiger partial charge in [0.25, 0.3) is 5.91 Å². The van der Waals surface area contributed by atoms with Gasteiger partial charge in [-0.15, -0.1) is 0 Å². The molecule has 0 bridgehead atoms. The fourth-order valence-electron chi connectivity index (χ4n) is 4.73. The van der Waals surface area contributed by atoms with Crippen LogP contribution in [0.2, 0.25) is 0 Å². The van der Waals surface area contributed by atoms with Crippen LogP contribution in [0.5, 0.6) is 5.75 Å². The molecule has 2 heterocycles. The molecule has 0 N–H and O–H groups in total. The standard InChI is InChI=1S/C32H31N3O2S/c1-5-25-11-9-10-14-29(25)35-22(2)19-26(23(35)3)20-30-31(36)34(21-24-15-17-28(37-4)18-16-24)32(38-30)33-27-12-7-6-8-13-27/h6-20H,5,21H2,1-4H3/b30-20-,33-32?. The molecule has 1 saturated heterocycles. The monoisotopic (exact) mass is 521 g/mol. The Hall–Kier alpha value is -4.03. The van der Waals surface area contributed by atoms with Crippen LogP contribution >= 0.6 is 11.8 Å². The highest BCUT2D eigenvalue weighted by Crippen LogP contribution is 2.36. The lowest BCUT2D eigenvalue weighted by atomic mass is 10.1. The normalized spacial score (nSPS) is 15.6. The predicted octanol–water partition coefficient (Wildman–Crippen LogP) is 7.47. The summed E-state index contributed by atoms with van der Waals surface area (Å²) in [4.78, 5) is 21.0. The minimum atomic E-state index is -0.0424. The molecular weight excluding hydrogens is 490 g/mol. The van der Waals surface area contributed by atoms with E-state index in [1.807, 2.05) is 60.7 Å². The predicted molar refractivity (Wildman–Crippen MR) is 157 cm³/mol. The van der Waals surface area contributed by atoms with Crippen LogP contribution < -0.4 is 4.74 Å². The molecule has 4 aromatic rings. The number of hydrogen-bond acceptors (Lipinski definition) is 4. The van der Waals surface area contributed by atoms with Crippen molar-refractivity contribution in [1.82, 2.24) is 9.47 Å². The topological polar surface area (TPSA) is 46.8 Å². The van der Waals surface area contributed by atoms with E-state index in [2.05, 4.69) is 55.7 Å². The van der Waals surface area contributed by atoms with Crippen LogP contribution in [0.25, 0.3) is 11.8 Å². The Bertz CT molecular complexity index is 1520. The van der Waals surface area contributed by atoms with Gasteiger partial charge >= 0.3 is 0 Å². The van der Waals surface area contributed by atoms with Crippen LogP contribution in [0.15, 0.2) is 94.8 Å². The van der Waals surface area contributed by atoms with Gasteiger partial charge in [0.15, 0.2) is 5.17 Å². The number of carbonyl (C=O) groups is 1. The van der Waals surface area contributed by atoms with Crippen LogP contribution in [0, 0.1) is 13.8 Å². The molecule has 0 aliphatic carbocycles. The highest BCUT2D eigenvalue weighted by molar-refractivity contribution is 8.18. The van der Waals surface area contributed by atoms with Crippen molar-refractivity contribution < 1.29 is 9.53 Å². The average molecular weight is 522 g/mol. The molecule has 1 fully saturated rings. The lowest BCUT2D eigenvalue weighted by Crippen LogP contribution is -2.28. The summed E-state index contributed by atoms with van der Waals surface area (Å²) in [7, 11) is 1.65. The molecule has 1 aliphatic rings. The van der Waals surface area contributed by atoms with Crippen molar-refractivity contribution >= 4 is 34.6 Å². The quantitative estimate of drug-likeness (QED) is 0.237.